The van der Waals surface area contributed by atoms with Crippen LogP contribution in [0.1, 0.15) is 38.3 Å². The average Bonchev–Trinajstić information content (AvgIpc) is 2.74. The molecule has 4 heterocycles. The summed E-state index contributed by atoms with van der Waals surface area (Å²) in [6.45, 7) is 9.01. The predicted octanol–water partition coefficient (Wildman–Crippen LogP) is 2.67. The molecule has 0 bridgehead atoms. The second kappa shape index (κ2) is 8.06. The fraction of sp³-hybridized carbons (Fsp3) is 0.600. The largest absolute Gasteiger partial charge is 0.353 e. The van der Waals surface area contributed by atoms with Gasteiger partial charge in [0, 0.05) is 62.9 Å². The summed E-state index contributed by atoms with van der Waals surface area (Å²) in [6, 6.07) is 4.60. The molecule has 7 heteroatoms. The predicted molar refractivity (Wildman–Crippen MR) is 109 cm³/mol. The number of hydrogen-bond acceptors (Lipinski definition) is 7. The molecule has 2 aliphatic rings. The van der Waals surface area contributed by atoms with Crippen molar-refractivity contribution in [2.75, 3.05) is 47.4 Å². The summed E-state index contributed by atoms with van der Waals surface area (Å²) >= 11 is 0. The van der Waals surface area contributed by atoms with E-state index in [4.69, 9.17) is 9.97 Å². The standard InChI is InChI=1S/C20H29N7/c1-3-17-7-4-5-10-27(17)18-15-16(2)23-20(24-18)26-13-11-25(12-14-26)19-21-8-6-9-22-19/h6,8-9,15,17H,3-5,7,10-14H2,1-2H3. The monoisotopic (exact) mass is 367 g/mol. The summed E-state index contributed by atoms with van der Waals surface area (Å²) < 4.78 is 0. The van der Waals surface area contributed by atoms with Gasteiger partial charge in [0.2, 0.25) is 11.9 Å². The molecule has 0 spiro atoms. The molecular formula is C20H29N7. The van der Waals surface area contributed by atoms with Gasteiger partial charge in [-0.15, -0.1) is 0 Å². The van der Waals surface area contributed by atoms with Crippen LogP contribution < -0.4 is 14.7 Å². The Kier molecular flexibility index (Phi) is 5.36. The first-order chi connectivity index (χ1) is 13.2. The van der Waals surface area contributed by atoms with Gasteiger partial charge in [-0.05, 0) is 38.7 Å². The van der Waals surface area contributed by atoms with Crippen LogP contribution in [0.3, 0.4) is 0 Å². The Labute approximate surface area is 161 Å². The Morgan fingerprint density at radius 3 is 2.33 bits per heavy atom. The third-order valence-electron chi connectivity index (χ3n) is 5.62. The topological polar surface area (TPSA) is 61.3 Å². The molecule has 1 unspecified atom stereocenters. The van der Waals surface area contributed by atoms with Gasteiger partial charge in [-0.1, -0.05) is 6.92 Å². The molecule has 0 N–H and O–H groups in total. The van der Waals surface area contributed by atoms with E-state index in [1.54, 1.807) is 12.4 Å². The molecule has 0 saturated carbocycles. The third-order valence-corrected chi connectivity index (χ3v) is 5.62. The minimum absolute atomic E-state index is 0.605. The van der Waals surface area contributed by atoms with E-state index < -0.39 is 0 Å². The number of rotatable bonds is 4. The second-order valence-corrected chi connectivity index (χ2v) is 7.44. The molecule has 0 radical (unpaired) electrons. The van der Waals surface area contributed by atoms with Crippen LogP contribution in [0.15, 0.2) is 24.5 Å². The lowest BCUT2D eigenvalue weighted by molar-refractivity contribution is 0.446. The van der Waals surface area contributed by atoms with Crippen LogP contribution in [0, 0.1) is 6.92 Å². The van der Waals surface area contributed by atoms with E-state index in [1.165, 1.54) is 25.7 Å². The maximum atomic E-state index is 4.97. The zero-order chi connectivity index (χ0) is 18.6. The minimum atomic E-state index is 0.605. The van der Waals surface area contributed by atoms with E-state index in [9.17, 15) is 0 Å². The van der Waals surface area contributed by atoms with Gasteiger partial charge in [-0.3, -0.25) is 0 Å². The van der Waals surface area contributed by atoms with Crippen molar-refractivity contribution in [2.24, 2.45) is 0 Å². The first-order valence-electron chi connectivity index (χ1n) is 10.1. The maximum absolute atomic E-state index is 4.97. The van der Waals surface area contributed by atoms with Crippen molar-refractivity contribution in [1.29, 1.82) is 0 Å². The van der Waals surface area contributed by atoms with E-state index in [1.807, 2.05) is 6.07 Å². The van der Waals surface area contributed by atoms with Crippen molar-refractivity contribution in [3.05, 3.63) is 30.2 Å². The van der Waals surface area contributed by atoms with Crippen molar-refractivity contribution in [3.8, 4) is 0 Å². The molecule has 1 atom stereocenters. The number of anilines is 3. The normalized spacial score (nSPS) is 20.8. The highest BCUT2D eigenvalue weighted by molar-refractivity contribution is 5.48. The van der Waals surface area contributed by atoms with Crippen molar-refractivity contribution >= 4 is 17.7 Å². The van der Waals surface area contributed by atoms with Gasteiger partial charge >= 0.3 is 0 Å². The van der Waals surface area contributed by atoms with E-state index in [-0.39, 0.29) is 0 Å². The zero-order valence-corrected chi connectivity index (χ0v) is 16.4. The number of nitrogens with zero attached hydrogens (tertiary/aromatic N) is 7. The van der Waals surface area contributed by atoms with Gasteiger partial charge in [0.15, 0.2) is 0 Å². The molecule has 0 aromatic carbocycles. The Balaban J connectivity index is 1.49. The number of hydrogen-bond donors (Lipinski definition) is 0. The first kappa shape index (κ1) is 17.9. The van der Waals surface area contributed by atoms with E-state index in [2.05, 4.69) is 44.6 Å². The number of piperazine rings is 1. The average molecular weight is 368 g/mol. The van der Waals surface area contributed by atoms with Crippen molar-refractivity contribution in [3.63, 3.8) is 0 Å². The van der Waals surface area contributed by atoms with E-state index in [0.717, 1.165) is 56.1 Å². The highest BCUT2D eigenvalue weighted by Gasteiger charge is 2.25. The van der Waals surface area contributed by atoms with Crippen molar-refractivity contribution in [2.45, 2.75) is 45.6 Å². The van der Waals surface area contributed by atoms with Gasteiger partial charge in [0.25, 0.3) is 0 Å². The highest BCUT2D eigenvalue weighted by atomic mass is 15.4. The number of aryl methyl sites for hydroxylation is 1. The Hall–Kier alpha value is -2.44. The van der Waals surface area contributed by atoms with Crippen LogP contribution in [-0.2, 0) is 0 Å². The third kappa shape index (κ3) is 3.96. The molecule has 7 nitrogen and oxygen atoms in total. The lowest BCUT2D eigenvalue weighted by atomic mass is 10.00. The summed E-state index contributed by atoms with van der Waals surface area (Å²) in [5.74, 6) is 2.76. The van der Waals surface area contributed by atoms with Crippen LogP contribution in [0.25, 0.3) is 0 Å². The maximum Gasteiger partial charge on any atom is 0.227 e. The molecule has 2 aromatic rings. The molecule has 144 valence electrons. The zero-order valence-electron chi connectivity index (χ0n) is 16.4. The molecule has 2 saturated heterocycles. The van der Waals surface area contributed by atoms with Crippen molar-refractivity contribution in [1.82, 2.24) is 19.9 Å². The molecule has 0 amide bonds. The quantitative estimate of drug-likeness (QED) is 0.823. The second-order valence-electron chi connectivity index (χ2n) is 7.44. The van der Waals surface area contributed by atoms with Crippen LogP contribution >= 0.6 is 0 Å². The molecule has 4 rings (SSSR count). The smallest absolute Gasteiger partial charge is 0.227 e. The SMILES string of the molecule is CCC1CCCCN1c1cc(C)nc(N2CCN(c3ncccn3)CC2)n1. The van der Waals surface area contributed by atoms with Gasteiger partial charge < -0.3 is 14.7 Å². The fourth-order valence-corrected chi connectivity index (χ4v) is 4.11. The summed E-state index contributed by atoms with van der Waals surface area (Å²) in [7, 11) is 0. The van der Waals surface area contributed by atoms with Gasteiger partial charge in [-0.25, -0.2) is 15.0 Å². The lowest BCUT2D eigenvalue weighted by Crippen LogP contribution is -2.48. The van der Waals surface area contributed by atoms with Gasteiger partial charge in [-0.2, -0.15) is 4.98 Å². The highest BCUT2D eigenvalue weighted by Crippen LogP contribution is 2.27. The minimum Gasteiger partial charge on any atom is -0.353 e. The van der Waals surface area contributed by atoms with Crippen LogP contribution in [0.2, 0.25) is 0 Å². The summed E-state index contributed by atoms with van der Waals surface area (Å²) in [4.78, 5) is 25.5. The summed E-state index contributed by atoms with van der Waals surface area (Å²) in [6.07, 6.45) is 8.62. The number of aromatic nitrogens is 4. The van der Waals surface area contributed by atoms with Crippen LogP contribution in [0.5, 0.6) is 0 Å². The van der Waals surface area contributed by atoms with Crippen LogP contribution in [0.4, 0.5) is 17.7 Å². The lowest BCUT2D eigenvalue weighted by Gasteiger charge is -2.38. The Morgan fingerprint density at radius 2 is 1.63 bits per heavy atom. The fourth-order valence-electron chi connectivity index (χ4n) is 4.11. The van der Waals surface area contributed by atoms with Gasteiger partial charge in [0.1, 0.15) is 5.82 Å². The molecular weight excluding hydrogens is 338 g/mol. The Bertz CT molecular complexity index is 743. The number of piperidine rings is 1. The van der Waals surface area contributed by atoms with E-state index >= 15 is 0 Å². The molecule has 0 aliphatic carbocycles. The van der Waals surface area contributed by atoms with Crippen molar-refractivity contribution < 1.29 is 0 Å². The Morgan fingerprint density at radius 1 is 0.926 bits per heavy atom. The van der Waals surface area contributed by atoms with Crippen LogP contribution in [-0.4, -0.2) is 58.7 Å². The molecule has 27 heavy (non-hydrogen) atoms. The molecule has 2 fully saturated rings. The summed E-state index contributed by atoms with van der Waals surface area (Å²) in [5.41, 5.74) is 1.05. The van der Waals surface area contributed by atoms with Gasteiger partial charge in [0.05, 0.1) is 0 Å². The van der Waals surface area contributed by atoms with E-state index in [0.29, 0.717) is 6.04 Å². The molecule has 2 aliphatic heterocycles. The summed E-state index contributed by atoms with van der Waals surface area (Å²) in [5, 5.41) is 0. The first-order valence-corrected chi connectivity index (χ1v) is 10.1. The molecule has 2 aromatic heterocycles.